The molecule has 0 saturated carbocycles. The van der Waals surface area contributed by atoms with E-state index in [4.69, 9.17) is 0 Å². The molecule has 0 atom stereocenters. The first-order valence-corrected chi connectivity index (χ1v) is 7.70. The third kappa shape index (κ3) is 4.83. The Labute approximate surface area is 127 Å². The Bertz CT molecular complexity index is 546. The molecule has 1 N–H and O–H groups in total. The van der Waals surface area contributed by atoms with Crippen LogP contribution in [-0.4, -0.2) is 18.9 Å². The number of unbranched alkanes of at least 4 members (excludes halogenated alkanes) is 2. The summed E-state index contributed by atoms with van der Waals surface area (Å²) in [6.07, 6.45) is 3.56. The van der Waals surface area contributed by atoms with Crippen molar-refractivity contribution in [3.63, 3.8) is 0 Å². The van der Waals surface area contributed by atoms with Gasteiger partial charge in [-0.25, -0.2) is 0 Å². The van der Waals surface area contributed by atoms with Crippen LogP contribution in [0.1, 0.15) is 36.5 Å². The van der Waals surface area contributed by atoms with Crippen LogP contribution in [0.15, 0.2) is 54.6 Å². The Hall–Kier alpha value is -1.93. The summed E-state index contributed by atoms with van der Waals surface area (Å²) in [4.78, 5) is 12.1. The molecule has 21 heavy (non-hydrogen) atoms. The van der Waals surface area contributed by atoms with Crippen LogP contribution in [0.2, 0.25) is 0 Å². The second-order valence-corrected chi connectivity index (χ2v) is 5.25. The molecule has 0 amide bonds. The standard InChI is InChI=1S/C19H23NO/c1-2-3-7-14-20-15-19(21)18-12-10-17(11-13-18)16-8-5-4-6-9-16/h4-6,8-13,20H,2-3,7,14-15H2,1H3. The maximum Gasteiger partial charge on any atom is 0.176 e. The molecule has 110 valence electrons. The molecule has 0 aliphatic rings. The lowest BCUT2D eigenvalue weighted by atomic mass is 10.0. The van der Waals surface area contributed by atoms with Crippen molar-refractivity contribution in [1.29, 1.82) is 0 Å². The van der Waals surface area contributed by atoms with E-state index in [0.717, 1.165) is 24.1 Å². The minimum atomic E-state index is 0.158. The normalized spacial score (nSPS) is 10.5. The average Bonchev–Trinajstić information content (AvgIpc) is 2.55. The summed E-state index contributed by atoms with van der Waals surface area (Å²) < 4.78 is 0. The highest BCUT2D eigenvalue weighted by Crippen LogP contribution is 2.19. The Morgan fingerprint density at radius 3 is 2.24 bits per heavy atom. The Balaban J connectivity index is 1.88. The summed E-state index contributed by atoms with van der Waals surface area (Å²) in [6.45, 7) is 3.52. The third-order valence-electron chi connectivity index (χ3n) is 3.56. The summed E-state index contributed by atoms with van der Waals surface area (Å²) in [5, 5.41) is 3.22. The van der Waals surface area contributed by atoms with Gasteiger partial charge in [-0.1, -0.05) is 74.4 Å². The largest absolute Gasteiger partial charge is 0.310 e. The van der Waals surface area contributed by atoms with E-state index in [0.29, 0.717) is 6.54 Å². The van der Waals surface area contributed by atoms with Gasteiger partial charge >= 0.3 is 0 Å². The lowest BCUT2D eigenvalue weighted by Gasteiger charge is -2.05. The number of Topliss-reactive ketones (excluding diaryl/α,β-unsaturated/α-hetero) is 1. The average molecular weight is 281 g/mol. The predicted molar refractivity (Wildman–Crippen MR) is 88.6 cm³/mol. The molecule has 0 fully saturated rings. The first-order chi connectivity index (χ1) is 10.3. The highest BCUT2D eigenvalue weighted by atomic mass is 16.1. The van der Waals surface area contributed by atoms with E-state index >= 15 is 0 Å². The maximum atomic E-state index is 12.1. The fraction of sp³-hybridized carbons (Fsp3) is 0.316. The zero-order valence-electron chi connectivity index (χ0n) is 12.6. The molecule has 0 aromatic heterocycles. The SMILES string of the molecule is CCCCCNCC(=O)c1ccc(-c2ccccc2)cc1. The lowest BCUT2D eigenvalue weighted by molar-refractivity contribution is 0.0991. The number of carbonyl (C=O) groups excluding carboxylic acids is 1. The molecular weight excluding hydrogens is 258 g/mol. The molecule has 2 rings (SSSR count). The summed E-state index contributed by atoms with van der Waals surface area (Å²) >= 11 is 0. The molecule has 0 heterocycles. The second kappa shape index (κ2) is 8.38. The molecule has 2 aromatic rings. The number of hydrogen-bond acceptors (Lipinski definition) is 2. The molecule has 0 bridgehead atoms. The molecule has 2 nitrogen and oxygen atoms in total. The molecule has 0 spiro atoms. The van der Waals surface area contributed by atoms with E-state index in [1.54, 1.807) is 0 Å². The van der Waals surface area contributed by atoms with E-state index in [1.165, 1.54) is 18.4 Å². The Morgan fingerprint density at radius 2 is 1.57 bits per heavy atom. The Kier molecular flexibility index (Phi) is 6.17. The zero-order valence-corrected chi connectivity index (χ0v) is 12.6. The molecule has 0 saturated heterocycles. The lowest BCUT2D eigenvalue weighted by Crippen LogP contribution is -2.23. The van der Waals surface area contributed by atoms with Gasteiger partial charge in [0.2, 0.25) is 0 Å². The first kappa shape index (κ1) is 15.5. The monoisotopic (exact) mass is 281 g/mol. The van der Waals surface area contributed by atoms with Gasteiger partial charge in [0.1, 0.15) is 0 Å². The Morgan fingerprint density at radius 1 is 0.905 bits per heavy atom. The van der Waals surface area contributed by atoms with Crippen LogP contribution in [-0.2, 0) is 0 Å². The topological polar surface area (TPSA) is 29.1 Å². The van der Waals surface area contributed by atoms with Gasteiger partial charge in [-0.15, -0.1) is 0 Å². The summed E-state index contributed by atoms with van der Waals surface area (Å²) in [5.74, 6) is 0.158. The quantitative estimate of drug-likeness (QED) is 0.577. The summed E-state index contributed by atoms with van der Waals surface area (Å²) in [5.41, 5.74) is 3.09. The van der Waals surface area contributed by atoms with Gasteiger partial charge < -0.3 is 5.32 Å². The molecule has 2 aromatic carbocycles. The van der Waals surface area contributed by atoms with Crippen LogP contribution in [0.4, 0.5) is 0 Å². The van der Waals surface area contributed by atoms with Gasteiger partial charge in [-0.3, -0.25) is 4.79 Å². The number of nitrogens with one attached hydrogen (secondary N) is 1. The second-order valence-electron chi connectivity index (χ2n) is 5.25. The number of rotatable bonds is 8. The summed E-state index contributed by atoms with van der Waals surface area (Å²) in [7, 11) is 0. The van der Waals surface area contributed by atoms with Crippen molar-refractivity contribution in [3.05, 3.63) is 60.2 Å². The van der Waals surface area contributed by atoms with Gasteiger partial charge in [0.15, 0.2) is 5.78 Å². The van der Waals surface area contributed by atoms with Crippen molar-refractivity contribution in [2.24, 2.45) is 0 Å². The van der Waals surface area contributed by atoms with Gasteiger partial charge in [-0.2, -0.15) is 0 Å². The van der Waals surface area contributed by atoms with Gasteiger partial charge in [0.25, 0.3) is 0 Å². The molecule has 0 aliphatic carbocycles. The van der Waals surface area contributed by atoms with Crippen molar-refractivity contribution < 1.29 is 4.79 Å². The van der Waals surface area contributed by atoms with Crippen molar-refractivity contribution >= 4 is 5.78 Å². The van der Waals surface area contributed by atoms with E-state index < -0.39 is 0 Å². The fourth-order valence-corrected chi connectivity index (χ4v) is 2.28. The number of benzene rings is 2. The fourth-order valence-electron chi connectivity index (χ4n) is 2.28. The van der Waals surface area contributed by atoms with Crippen molar-refractivity contribution in [3.8, 4) is 11.1 Å². The molecule has 0 unspecified atom stereocenters. The van der Waals surface area contributed by atoms with Crippen LogP contribution < -0.4 is 5.32 Å². The molecule has 0 aliphatic heterocycles. The molecule has 2 heteroatoms. The highest BCUT2D eigenvalue weighted by molar-refractivity contribution is 5.98. The molecular formula is C19H23NO. The van der Waals surface area contributed by atoms with Crippen molar-refractivity contribution in [1.82, 2.24) is 5.32 Å². The summed E-state index contributed by atoms with van der Waals surface area (Å²) in [6, 6.07) is 18.1. The van der Waals surface area contributed by atoms with Crippen LogP contribution in [0, 0.1) is 0 Å². The van der Waals surface area contributed by atoms with Crippen LogP contribution in [0.25, 0.3) is 11.1 Å². The molecule has 0 radical (unpaired) electrons. The number of hydrogen-bond donors (Lipinski definition) is 1. The number of carbonyl (C=O) groups is 1. The zero-order chi connectivity index (χ0) is 14.9. The van der Waals surface area contributed by atoms with Crippen LogP contribution >= 0.6 is 0 Å². The van der Waals surface area contributed by atoms with Crippen LogP contribution in [0.5, 0.6) is 0 Å². The van der Waals surface area contributed by atoms with E-state index in [-0.39, 0.29) is 5.78 Å². The third-order valence-corrected chi connectivity index (χ3v) is 3.56. The van der Waals surface area contributed by atoms with Crippen molar-refractivity contribution in [2.45, 2.75) is 26.2 Å². The van der Waals surface area contributed by atoms with Gasteiger partial charge in [0, 0.05) is 5.56 Å². The van der Waals surface area contributed by atoms with E-state index in [1.807, 2.05) is 42.5 Å². The smallest absolute Gasteiger partial charge is 0.176 e. The highest BCUT2D eigenvalue weighted by Gasteiger charge is 2.05. The predicted octanol–water partition coefficient (Wildman–Crippen LogP) is 4.32. The minimum Gasteiger partial charge on any atom is -0.310 e. The van der Waals surface area contributed by atoms with Gasteiger partial charge in [-0.05, 0) is 24.1 Å². The first-order valence-electron chi connectivity index (χ1n) is 7.70. The van der Waals surface area contributed by atoms with E-state index in [9.17, 15) is 4.79 Å². The minimum absolute atomic E-state index is 0.158. The van der Waals surface area contributed by atoms with Crippen LogP contribution in [0.3, 0.4) is 0 Å². The van der Waals surface area contributed by atoms with Gasteiger partial charge in [0.05, 0.1) is 6.54 Å². The maximum absolute atomic E-state index is 12.1. The van der Waals surface area contributed by atoms with Crippen molar-refractivity contribution in [2.75, 3.05) is 13.1 Å². The number of ketones is 1. The van der Waals surface area contributed by atoms with E-state index in [2.05, 4.69) is 24.4 Å².